The van der Waals surface area contributed by atoms with Crippen LogP contribution in [0.5, 0.6) is 0 Å². The summed E-state index contributed by atoms with van der Waals surface area (Å²) in [4.78, 5) is 8.77. The van der Waals surface area contributed by atoms with Crippen molar-refractivity contribution in [2.24, 2.45) is 0 Å². The monoisotopic (exact) mass is 311 g/mol. The van der Waals surface area contributed by atoms with Gasteiger partial charge in [-0.15, -0.1) is 9.42 Å². The molecule has 4 heteroatoms. The van der Waals surface area contributed by atoms with Gasteiger partial charge in [-0.2, -0.15) is 0 Å². The van der Waals surface area contributed by atoms with Gasteiger partial charge in [0.25, 0.3) is 0 Å². The molecule has 0 saturated carbocycles. The molecule has 1 aromatic carbocycles. The Balaban J connectivity index is 3.26. The lowest BCUT2D eigenvalue weighted by Gasteiger charge is -2.29. The van der Waals surface area contributed by atoms with Gasteiger partial charge in [0, 0.05) is 11.0 Å². The summed E-state index contributed by atoms with van der Waals surface area (Å²) in [6, 6.07) is 4.50. The molecular formula is C17H28O3P+. The summed E-state index contributed by atoms with van der Waals surface area (Å²) in [6.07, 6.45) is 0.657. The van der Waals surface area contributed by atoms with Crippen LogP contribution < -0.4 is 0 Å². The van der Waals surface area contributed by atoms with Crippen LogP contribution in [-0.2, 0) is 26.3 Å². The van der Waals surface area contributed by atoms with Gasteiger partial charge in [0.15, 0.2) is 0 Å². The topological polar surface area (TPSA) is 46.5 Å². The molecule has 1 aromatic rings. The van der Waals surface area contributed by atoms with E-state index in [2.05, 4.69) is 60.6 Å². The average Bonchev–Trinajstić information content (AvgIpc) is 2.27. The summed E-state index contributed by atoms with van der Waals surface area (Å²) in [5, 5.41) is 0. The van der Waals surface area contributed by atoms with Crippen LogP contribution in [0.4, 0.5) is 0 Å². The van der Waals surface area contributed by atoms with E-state index in [0.29, 0.717) is 6.42 Å². The van der Waals surface area contributed by atoms with Crippen molar-refractivity contribution >= 4 is 8.25 Å². The lowest BCUT2D eigenvalue weighted by Crippen LogP contribution is -2.20. The molecule has 0 bridgehead atoms. The Labute approximate surface area is 129 Å². The maximum atomic E-state index is 10.7. The highest BCUT2D eigenvalue weighted by Crippen LogP contribution is 2.34. The normalized spacial score (nSPS) is 13.4. The van der Waals surface area contributed by atoms with Crippen LogP contribution >= 0.6 is 8.25 Å². The van der Waals surface area contributed by atoms with Crippen LogP contribution in [0, 0.1) is 6.92 Å². The first kappa shape index (κ1) is 18.3. The summed E-state index contributed by atoms with van der Waals surface area (Å²) >= 11 is 0. The van der Waals surface area contributed by atoms with Gasteiger partial charge in [0.1, 0.15) is 6.61 Å². The lowest BCUT2D eigenvalue weighted by molar-refractivity contribution is 0.284. The second kappa shape index (κ2) is 6.56. The average molecular weight is 311 g/mol. The highest BCUT2D eigenvalue weighted by atomic mass is 31.1. The molecule has 0 aliphatic rings. The smallest absolute Gasteiger partial charge is 0.133 e. The minimum atomic E-state index is -2.52. The van der Waals surface area contributed by atoms with Gasteiger partial charge in [0.2, 0.25) is 0 Å². The van der Waals surface area contributed by atoms with E-state index in [4.69, 9.17) is 9.42 Å². The second-order valence-corrected chi connectivity index (χ2v) is 8.37. The van der Waals surface area contributed by atoms with Crippen LogP contribution in [0.3, 0.4) is 0 Å². The van der Waals surface area contributed by atoms with Crippen molar-refractivity contribution in [3.05, 3.63) is 34.4 Å². The van der Waals surface area contributed by atoms with Crippen molar-refractivity contribution < 1.29 is 14.0 Å². The number of rotatable bonds is 4. The van der Waals surface area contributed by atoms with Crippen molar-refractivity contribution in [2.45, 2.75) is 65.7 Å². The zero-order valence-electron chi connectivity index (χ0n) is 14.3. The first-order valence-corrected chi connectivity index (χ1v) is 8.49. The molecule has 0 spiro atoms. The van der Waals surface area contributed by atoms with Gasteiger partial charge in [-0.3, -0.25) is 0 Å². The Morgan fingerprint density at radius 2 is 1.67 bits per heavy atom. The molecule has 0 heterocycles. The molecule has 0 fully saturated rings. The molecule has 118 valence electrons. The molecule has 0 radical (unpaired) electrons. The molecule has 0 aliphatic heterocycles. The molecule has 0 aromatic heterocycles. The van der Waals surface area contributed by atoms with E-state index in [0.717, 1.165) is 0 Å². The van der Waals surface area contributed by atoms with Crippen molar-refractivity contribution in [3.63, 3.8) is 0 Å². The first-order valence-electron chi connectivity index (χ1n) is 7.36. The summed E-state index contributed by atoms with van der Waals surface area (Å²) < 4.78 is 15.5. The molecule has 21 heavy (non-hydrogen) atoms. The fourth-order valence-corrected chi connectivity index (χ4v) is 2.72. The highest BCUT2D eigenvalue weighted by molar-refractivity contribution is 7.32. The van der Waals surface area contributed by atoms with Crippen molar-refractivity contribution in [2.75, 3.05) is 6.61 Å². The van der Waals surface area contributed by atoms with Crippen molar-refractivity contribution in [1.82, 2.24) is 0 Å². The fourth-order valence-electron chi connectivity index (χ4n) is 2.48. The number of hydrogen-bond donors (Lipinski definition) is 1. The predicted molar refractivity (Wildman–Crippen MR) is 88.1 cm³/mol. The Bertz CT molecular complexity index is 522. The van der Waals surface area contributed by atoms with Gasteiger partial charge < -0.3 is 0 Å². The summed E-state index contributed by atoms with van der Waals surface area (Å²) in [6.45, 7) is 15.6. The van der Waals surface area contributed by atoms with Gasteiger partial charge >= 0.3 is 8.25 Å². The SMILES string of the molecule is Cc1cc(C(C)(C)C)cc(C(C)(C)C)c1CCO[P+](=O)O. The second-order valence-electron chi connectivity index (χ2n) is 7.64. The van der Waals surface area contributed by atoms with Crippen molar-refractivity contribution in [1.29, 1.82) is 0 Å². The molecule has 1 rings (SSSR count). The Morgan fingerprint density at radius 1 is 1.10 bits per heavy atom. The van der Waals surface area contributed by atoms with Crippen LogP contribution in [-0.4, -0.2) is 11.5 Å². The van der Waals surface area contributed by atoms with Crippen LogP contribution in [0.1, 0.15) is 63.8 Å². The van der Waals surface area contributed by atoms with E-state index in [1.54, 1.807) is 0 Å². The molecular weight excluding hydrogens is 283 g/mol. The molecule has 1 N–H and O–H groups in total. The van der Waals surface area contributed by atoms with Gasteiger partial charge in [-0.25, -0.2) is 0 Å². The molecule has 3 nitrogen and oxygen atoms in total. The third kappa shape index (κ3) is 5.18. The molecule has 1 unspecified atom stereocenters. The lowest BCUT2D eigenvalue weighted by atomic mass is 9.76. The van der Waals surface area contributed by atoms with E-state index in [1.807, 2.05) is 0 Å². The number of hydrogen-bond acceptors (Lipinski definition) is 2. The van der Waals surface area contributed by atoms with E-state index in [1.165, 1.54) is 22.3 Å². The quantitative estimate of drug-likeness (QED) is 0.813. The fraction of sp³-hybridized carbons (Fsp3) is 0.647. The molecule has 0 saturated heterocycles. The number of aryl methyl sites for hydroxylation is 1. The van der Waals surface area contributed by atoms with E-state index in [9.17, 15) is 4.57 Å². The maximum absolute atomic E-state index is 10.7. The Morgan fingerprint density at radius 3 is 2.10 bits per heavy atom. The van der Waals surface area contributed by atoms with E-state index < -0.39 is 8.25 Å². The Kier molecular flexibility index (Phi) is 5.71. The summed E-state index contributed by atoms with van der Waals surface area (Å²) in [5.41, 5.74) is 5.21. The predicted octanol–water partition coefficient (Wildman–Crippen LogP) is 4.80. The number of benzene rings is 1. The van der Waals surface area contributed by atoms with Gasteiger partial charge in [0.05, 0.1) is 0 Å². The summed E-state index contributed by atoms with van der Waals surface area (Å²) in [5.74, 6) is 0. The summed E-state index contributed by atoms with van der Waals surface area (Å²) in [7, 11) is -2.52. The zero-order valence-corrected chi connectivity index (χ0v) is 15.2. The third-order valence-electron chi connectivity index (χ3n) is 3.70. The van der Waals surface area contributed by atoms with Crippen LogP contribution in [0.15, 0.2) is 12.1 Å². The van der Waals surface area contributed by atoms with Gasteiger partial charge in [-0.05, 0) is 40.0 Å². The van der Waals surface area contributed by atoms with E-state index in [-0.39, 0.29) is 17.4 Å². The molecule has 0 amide bonds. The van der Waals surface area contributed by atoms with Gasteiger partial charge in [-0.1, -0.05) is 53.7 Å². The van der Waals surface area contributed by atoms with Crippen molar-refractivity contribution in [3.8, 4) is 0 Å². The minimum absolute atomic E-state index is 0.0305. The third-order valence-corrected chi connectivity index (χ3v) is 4.10. The Hall–Kier alpha value is -0.760. The minimum Gasteiger partial charge on any atom is -0.133 e. The largest absolute Gasteiger partial charge is 0.694 e. The standard InChI is InChI=1S/C17H27O3P/c1-12-10-13(16(2,3)4)11-15(17(5,6)7)14(12)8-9-20-21(18)19/h10-11H,8-9H2,1-7H3/p+1. The molecule has 0 aliphatic carbocycles. The highest BCUT2D eigenvalue weighted by Gasteiger charge is 2.24. The van der Waals surface area contributed by atoms with Crippen LogP contribution in [0.25, 0.3) is 0 Å². The first-order chi connectivity index (χ1) is 9.43. The maximum Gasteiger partial charge on any atom is 0.694 e. The molecule has 1 atom stereocenters. The zero-order chi connectivity index (χ0) is 16.4. The van der Waals surface area contributed by atoms with Crippen LogP contribution in [0.2, 0.25) is 0 Å². The van der Waals surface area contributed by atoms with E-state index >= 15 is 0 Å².